The van der Waals surface area contributed by atoms with Crippen LogP contribution >= 0.6 is 15.9 Å². The lowest BCUT2D eigenvalue weighted by Gasteiger charge is -2.08. The second-order valence-electron chi connectivity index (χ2n) is 6.64. The molecule has 4 rings (SSSR count). The smallest absolute Gasteiger partial charge is 0.343 e. The Hall–Kier alpha value is -4.25. The second-order valence-corrected chi connectivity index (χ2v) is 7.56. The molecule has 0 aromatic heterocycles. The maximum atomic E-state index is 12.5. The van der Waals surface area contributed by atoms with Gasteiger partial charge in [0.25, 0.3) is 11.6 Å². The fourth-order valence-corrected chi connectivity index (χ4v) is 3.23. The van der Waals surface area contributed by atoms with Crippen molar-refractivity contribution in [2.45, 2.75) is 0 Å². The van der Waals surface area contributed by atoms with Crippen molar-refractivity contribution in [3.05, 3.63) is 91.9 Å². The van der Waals surface area contributed by atoms with Crippen LogP contribution in [0.25, 0.3) is 0 Å². The van der Waals surface area contributed by atoms with E-state index in [0.717, 1.165) is 0 Å². The van der Waals surface area contributed by atoms with Crippen molar-refractivity contribution < 1.29 is 28.7 Å². The van der Waals surface area contributed by atoms with Gasteiger partial charge in [-0.2, -0.15) is 5.10 Å². The number of hydrogen-bond acceptors (Lipinski definition) is 8. The number of nitro groups is 1. The number of nitrogens with one attached hydrogen (secondary N) is 1. The predicted octanol–water partition coefficient (Wildman–Crippen LogP) is 4.07. The maximum Gasteiger partial charge on any atom is 0.343 e. The summed E-state index contributed by atoms with van der Waals surface area (Å²) in [6.07, 6.45) is 1.33. The van der Waals surface area contributed by atoms with E-state index >= 15 is 0 Å². The van der Waals surface area contributed by atoms with Gasteiger partial charge in [0.2, 0.25) is 6.79 Å². The summed E-state index contributed by atoms with van der Waals surface area (Å²) in [6.45, 7) is 0.100. The highest BCUT2D eigenvalue weighted by atomic mass is 79.9. The lowest BCUT2D eigenvalue weighted by Crippen LogP contribution is -2.17. The third-order valence-corrected chi connectivity index (χ3v) is 4.99. The van der Waals surface area contributed by atoms with E-state index in [2.05, 4.69) is 26.5 Å². The molecule has 166 valence electrons. The summed E-state index contributed by atoms with van der Waals surface area (Å²) in [5, 5.41) is 14.7. The highest BCUT2D eigenvalue weighted by Gasteiger charge is 2.16. The summed E-state index contributed by atoms with van der Waals surface area (Å²) in [7, 11) is 0. The molecule has 0 fully saturated rings. The Bertz CT molecular complexity index is 1280. The number of benzene rings is 3. The average molecular weight is 512 g/mol. The minimum Gasteiger partial charge on any atom is -0.454 e. The molecule has 33 heavy (non-hydrogen) atoms. The quantitative estimate of drug-likeness (QED) is 0.173. The van der Waals surface area contributed by atoms with E-state index in [-0.39, 0.29) is 23.8 Å². The summed E-state index contributed by atoms with van der Waals surface area (Å²) in [6, 6.07) is 14.7. The van der Waals surface area contributed by atoms with Crippen molar-refractivity contribution in [3.63, 3.8) is 0 Å². The fourth-order valence-electron chi connectivity index (χ4n) is 2.85. The van der Waals surface area contributed by atoms with Crippen LogP contribution in [0, 0.1) is 10.1 Å². The Labute approximate surface area is 195 Å². The summed E-state index contributed by atoms with van der Waals surface area (Å²) < 4.78 is 16.6. The van der Waals surface area contributed by atoms with Crippen molar-refractivity contribution in [1.29, 1.82) is 0 Å². The third kappa shape index (κ3) is 5.15. The standard InChI is InChI=1S/C22H14BrN3O7/c23-16-4-8-18(33-22(28)13-1-5-17(6-2-13)26(29)30)15(9-16)11-24-25-21(27)14-3-7-19-20(10-14)32-12-31-19/h1-11H,12H2,(H,25,27)/b24-11+. The molecule has 0 aliphatic carbocycles. The number of hydrogen-bond donors (Lipinski definition) is 1. The predicted molar refractivity (Wildman–Crippen MR) is 120 cm³/mol. The monoisotopic (exact) mass is 511 g/mol. The molecular weight excluding hydrogens is 498 g/mol. The van der Waals surface area contributed by atoms with Gasteiger partial charge in [-0.05, 0) is 48.5 Å². The van der Waals surface area contributed by atoms with Gasteiger partial charge in [-0.3, -0.25) is 14.9 Å². The van der Waals surface area contributed by atoms with Crippen LogP contribution in [0.15, 0.2) is 70.2 Å². The molecule has 11 heteroatoms. The van der Waals surface area contributed by atoms with Crippen LogP contribution in [0.5, 0.6) is 17.2 Å². The number of amides is 1. The molecule has 3 aromatic carbocycles. The molecule has 0 saturated heterocycles. The molecule has 0 spiro atoms. The van der Waals surface area contributed by atoms with E-state index < -0.39 is 16.8 Å². The van der Waals surface area contributed by atoms with Crippen molar-refractivity contribution in [3.8, 4) is 17.2 Å². The van der Waals surface area contributed by atoms with Crippen LogP contribution in [0.1, 0.15) is 26.3 Å². The first-order chi connectivity index (χ1) is 15.9. The van der Waals surface area contributed by atoms with E-state index in [9.17, 15) is 19.7 Å². The molecule has 0 bridgehead atoms. The highest BCUT2D eigenvalue weighted by Crippen LogP contribution is 2.32. The van der Waals surface area contributed by atoms with Crippen LogP contribution < -0.4 is 19.6 Å². The minimum atomic E-state index is -0.703. The van der Waals surface area contributed by atoms with E-state index in [0.29, 0.717) is 27.1 Å². The zero-order valence-corrected chi connectivity index (χ0v) is 18.3. The molecule has 1 heterocycles. The van der Waals surface area contributed by atoms with Crippen molar-refractivity contribution in [1.82, 2.24) is 5.43 Å². The van der Waals surface area contributed by atoms with Gasteiger partial charge in [-0.25, -0.2) is 10.2 Å². The zero-order valence-electron chi connectivity index (χ0n) is 16.7. The largest absolute Gasteiger partial charge is 0.454 e. The molecule has 0 saturated carbocycles. The summed E-state index contributed by atoms with van der Waals surface area (Å²) in [5.74, 6) is 0.0422. The number of hydrazone groups is 1. The van der Waals surface area contributed by atoms with Crippen molar-refractivity contribution >= 4 is 39.7 Å². The van der Waals surface area contributed by atoms with Gasteiger partial charge in [0, 0.05) is 27.7 Å². The second kappa shape index (κ2) is 9.49. The Kier molecular flexibility index (Phi) is 6.31. The van der Waals surface area contributed by atoms with Gasteiger partial charge < -0.3 is 14.2 Å². The van der Waals surface area contributed by atoms with Gasteiger partial charge in [0.15, 0.2) is 11.5 Å². The Morgan fingerprint density at radius 1 is 1.03 bits per heavy atom. The van der Waals surface area contributed by atoms with Gasteiger partial charge in [0.1, 0.15) is 5.75 Å². The third-order valence-electron chi connectivity index (χ3n) is 4.49. The first-order valence-electron chi connectivity index (χ1n) is 9.40. The van der Waals surface area contributed by atoms with Crippen molar-refractivity contribution in [2.24, 2.45) is 5.10 Å². The lowest BCUT2D eigenvalue weighted by atomic mass is 10.2. The highest BCUT2D eigenvalue weighted by molar-refractivity contribution is 9.10. The zero-order chi connectivity index (χ0) is 23.4. The van der Waals surface area contributed by atoms with Crippen LogP contribution in [0.3, 0.4) is 0 Å². The van der Waals surface area contributed by atoms with Crippen LogP contribution in [-0.4, -0.2) is 29.8 Å². The van der Waals surface area contributed by atoms with Crippen LogP contribution in [-0.2, 0) is 0 Å². The van der Waals surface area contributed by atoms with Crippen molar-refractivity contribution in [2.75, 3.05) is 6.79 Å². The van der Waals surface area contributed by atoms with Crippen LogP contribution in [0.2, 0.25) is 0 Å². The number of halogens is 1. The minimum absolute atomic E-state index is 0.100. The molecular formula is C22H14BrN3O7. The first kappa shape index (κ1) is 22.0. The molecule has 1 aliphatic heterocycles. The Morgan fingerprint density at radius 3 is 2.52 bits per heavy atom. The fraction of sp³-hybridized carbons (Fsp3) is 0.0455. The number of rotatable bonds is 6. The summed E-state index contributed by atoms with van der Waals surface area (Å²) >= 11 is 3.34. The summed E-state index contributed by atoms with van der Waals surface area (Å²) in [4.78, 5) is 35.0. The molecule has 10 nitrogen and oxygen atoms in total. The SMILES string of the molecule is O=C(N/N=C/c1cc(Br)ccc1OC(=O)c1ccc([N+](=O)[O-])cc1)c1ccc2c(c1)OCO2. The number of nitrogens with zero attached hydrogens (tertiary/aromatic N) is 2. The van der Waals surface area contributed by atoms with E-state index in [1.54, 1.807) is 36.4 Å². The Morgan fingerprint density at radius 2 is 1.76 bits per heavy atom. The average Bonchev–Trinajstić information content (AvgIpc) is 3.28. The molecule has 0 radical (unpaired) electrons. The number of fused-ring (bicyclic) bond motifs is 1. The first-order valence-corrected chi connectivity index (χ1v) is 10.2. The number of carbonyl (C=O) groups excluding carboxylic acids is 2. The number of carbonyl (C=O) groups is 2. The number of nitro benzene ring substituents is 1. The molecule has 0 unspecified atom stereocenters. The van der Waals surface area contributed by atoms with Gasteiger partial charge in [-0.15, -0.1) is 0 Å². The lowest BCUT2D eigenvalue weighted by molar-refractivity contribution is -0.384. The number of esters is 1. The normalized spacial score (nSPS) is 11.9. The van der Waals surface area contributed by atoms with Gasteiger partial charge >= 0.3 is 5.97 Å². The number of ether oxygens (including phenoxy) is 3. The Balaban J connectivity index is 1.46. The number of non-ortho nitro benzene ring substituents is 1. The van der Waals surface area contributed by atoms with Crippen LogP contribution in [0.4, 0.5) is 5.69 Å². The van der Waals surface area contributed by atoms with E-state index in [1.807, 2.05) is 0 Å². The summed E-state index contributed by atoms with van der Waals surface area (Å²) in [5.41, 5.74) is 3.14. The molecule has 0 atom stereocenters. The van der Waals surface area contributed by atoms with Gasteiger partial charge in [-0.1, -0.05) is 15.9 Å². The molecule has 1 aliphatic rings. The van der Waals surface area contributed by atoms with Gasteiger partial charge in [0.05, 0.1) is 16.7 Å². The topological polar surface area (TPSA) is 129 Å². The molecule has 1 N–H and O–H groups in total. The molecule has 1 amide bonds. The maximum absolute atomic E-state index is 12.5. The molecule has 3 aromatic rings. The van der Waals surface area contributed by atoms with E-state index in [1.165, 1.54) is 30.5 Å². The van der Waals surface area contributed by atoms with E-state index in [4.69, 9.17) is 14.2 Å².